The van der Waals surface area contributed by atoms with E-state index in [1.807, 2.05) is 33.0 Å². The first-order chi connectivity index (χ1) is 22.9. The second kappa shape index (κ2) is 17.8. The van der Waals surface area contributed by atoms with Gasteiger partial charge in [-0.05, 0) is 100 Å². The number of nitrogens with one attached hydrogen (secondary N) is 2. The maximum absolute atomic E-state index is 14.3. The Bertz CT molecular complexity index is 1530. The molecule has 4 atom stereocenters. The lowest BCUT2D eigenvalue weighted by molar-refractivity contribution is -0.0177. The monoisotopic (exact) mass is 702 g/mol. The second-order valence-corrected chi connectivity index (χ2v) is 13.4. The number of hydrogen-bond donors (Lipinski definition) is 3. The van der Waals surface area contributed by atoms with E-state index in [0.29, 0.717) is 53.4 Å². The quantitative estimate of drug-likeness (QED) is 0.222. The maximum Gasteiger partial charge on any atom is 0.323 e. The molecule has 12 heteroatoms. The van der Waals surface area contributed by atoms with Gasteiger partial charge in [-0.15, -0.1) is 0 Å². The molecule has 0 bridgehead atoms. The molecule has 3 aromatic rings. The summed E-state index contributed by atoms with van der Waals surface area (Å²) in [5.41, 5.74) is 2.07. The van der Waals surface area contributed by atoms with Crippen molar-refractivity contribution >= 4 is 46.5 Å². The van der Waals surface area contributed by atoms with Crippen LogP contribution < -0.4 is 15.4 Å². The summed E-state index contributed by atoms with van der Waals surface area (Å²) in [7, 11) is 2.01. The highest BCUT2D eigenvalue weighted by Crippen LogP contribution is 2.29. The molecular formula is C36H45Cl2FN4O5. The van der Waals surface area contributed by atoms with E-state index in [2.05, 4.69) is 15.5 Å². The summed E-state index contributed by atoms with van der Waals surface area (Å²) in [6.07, 6.45) is 2.09. The fourth-order valence-electron chi connectivity index (χ4n) is 5.61. The van der Waals surface area contributed by atoms with Gasteiger partial charge in [0.15, 0.2) is 0 Å². The Morgan fingerprint density at radius 3 is 2.46 bits per heavy atom. The van der Waals surface area contributed by atoms with Gasteiger partial charge in [0.05, 0.1) is 40.5 Å². The molecule has 3 N–H and O–H groups in total. The average Bonchev–Trinajstić information content (AvgIpc) is 3.05. The summed E-state index contributed by atoms with van der Waals surface area (Å²) >= 11 is 12.4. The van der Waals surface area contributed by atoms with Gasteiger partial charge >= 0.3 is 6.03 Å². The summed E-state index contributed by atoms with van der Waals surface area (Å²) in [5.74, 6) is -0.462. The van der Waals surface area contributed by atoms with Crippen molar-refractivity contribution in [2.45, 2.75) is 64.8 Å². The molecule has 0 saturated heterocycles. The van der Waals surface area contributed by atoms with Crippen LogP contribution >= 0.6 is 23.2 Å². The van der Waals surface area contributed by atoms with Crippen LogP contribution in [0.3, 0.4) is 0 Å². The van der Waals surface area contributed by atoms with Gasteiger partial charge in [-0.25, -0.2) is 9.18 Å². The normalized spacial score (nSPS) is 20.0. The fourth-order valence-corrected chi connectivity index (χ4v) is 5.93. The Labute approximate surface area is 292 Å². The zero-order valence-corrected chi connectivity index (χ0v) is 29.4. The molecule has 0 radical (unpaired) electrons. The van der Waals surface area contributed by atoms with Crippen LogP contribution in [-0.4, -0.2) is 78.4 Å². The molecule has 260 valence electrons. The number of benzene rings is 3. The number of fused-ring (bicyclic) bond motifs is 1. The van der Waals surface area contributed by atoms with Crippen molar-refractivity contribution in [1.82, 2.24) is 9.80 Å². The molecule has 3 amide bonds. The highest BCUT2D eigenvalue weighted by atomic mass is 35.5. The largest absolute Gasteiger partial charge is 0.490 e. The first kappa shape index (κ1) is 37.4. The number of ether oxygens (including phenoxy) is 2. The number of rotatable bonds is 8. The Kier molecular flexibility index (Phi) is 13.9. The van der Waals surface area contributed by atoms with Crippen molar-refractivity contribution in [3.63, 3.8) is 0 Å². The summed E-state index contributed by atoms with van der Waals surface area (Å²) < 4.78 is 26.1. The molecule has 1 heterocycles. The average molecular weight is 704 g/mol. The standard InChI is InChI=1S/C36H45Cl2FN4O5/c1-23-19-43(24(2)22-44)35(45)30-18-29(41-36(46)40-28-11-9-27(39)10-12-28)13-15-33(30)48-25(3)7-5-6-16-47-34(23)21-42(4)20-26-8-14-31(37)32(38)17-26/h8-15,17-18,23-25,34,44H,5-7,16,19-22H2,1-4H3,(H2,40,41,46)/t23-,24+,25-,34-/m1/s1. The molecule has 4 rings (SSSR count). The Morgan fingerprint density at radius 1 is 1.04 bits per heavy atom. The number of amides is 3. The molecule has 3 aromatic carbocycles. The highest BCUT2D eigenvalue weighted by molar-refractivity contribution is 6.42. The minimum absolute atomic E-state index is 0.103. The molecule has 0 aliphatic carbocycles. The van der Waals surface area contributed by atoms with Crippen molar-refractivity contribution in [2.75, 3.05) is 44.0 Å². The van der Waals surface area contributed by atoms with E-state index in [9.17, 15) is 19.1 Å². The Hall–Kier alpha value is -3.41. The number of anilines is 2. The van der Waals surface area contributed by atoms with Crippen LogP contribution in [-0.2, 0) is 11.3 Å². The minimum Gasteiger partial charge on any atom is -0.490 e. The molecule has 0 spiro atoms. The third-order valence-electron chi connectivity index (χ3n) is 8.34. The van der Waals surface area contributed by atoms with E-state index >= 15 is 0 Å². The smallest absolute Gasteiger partial charge is 0.323 e. The van der Waals surface area contributed by atoms with E-state index in [-0.39, 0.29) is 36.2 Å². The minimum atomic E-state index is -0.552. The molecule has 0 saturated carbocycles. The summed E-state index contributed by atoms with van der Waals surface area (Å²) in [5, 5.41) is 16.6. The number of nitrogens with zero attached hydrogens (tertiary/aromatic N) is 2. The number of halogens is 3. The number of aliphatic hydroxyl groups excluding tert-OH is 1. The number of carbonyl (C=O) groups is 2. The lowest BCUT2D eigenvalue weighted by Crippen LogP contribution is -2.47. The van der Waals surface area contributed by atoms with Crippen molar-refractivity contribution in [2.24, 2.45) is 5.92 Å². The number of urea groups is 1. The Morgan fingerprint density at radius 2 is 1.75 bits per heavy atom. The van der Waals surface area contributed by atoms with Crippen LogP contribution in [0.15, 0.2) is 60.7 Å². The summed E-state index contributed by atoms with van der Waals surface area (Å²) in [6.45, 7) is 7.66. The van der Waals surface area contributed by atoms with Crippen molar-refractivity contribution in [3.8, 4) is 5.75 Å². The van der Waals surface area contributed by atoms with Gasteiger partial charge in [0.25, 0.3) is 5.91 Å². The summed E-state index contributed by atoms with van der Waals surface area (Å²) in [6, 6.07) is 14.9. The van der Waals surface area contributed by atoms with Gasteiger partial charge in [-0.1, -0.05) is 36.2 Å². The summed E-state index contributed by atoms with van der Waals surface area (Å²) in [4.78, 5) is 30.9. The van der Waals surface area contributed by atoms with E-state index < -0.39 is 17.9 Å². The third kappa shape index (κ3) is 10.8. The number of aliphatic hydroxyl groups is 1. The first-order valence-corrected chi connectivity index (χ1v) is 17.0. The van der Waals surface area contributed by atoms with Gasteiger partial charge in [-0.3, -0.25) is 9.69 Å². The SMILES string of the molecule is C[C@@H]1CCCCO[C@H](CN(C)Cc2ccc(Cl)c(Cl)c2)[C@H](C)CN([C@@H](C)CO)C(=O)c2cc(NC(=O)Nc3ccc(F)cc3)ccc2O1. The number of hydrogen-bond acceptors (Lipinski definition) is 6. The van der Waals surface area contributed by atoms with Crippen LogP contribution in [0.2, 0.25) is 10.0 Å². The second-order valence-electron chi connectivity index (χ2n) is 12.5. The Balaban J connectivity index is 1.58. The van der Waals surface area contributed by atoms with Crippen molar-refractivity contribution in [3.05, 3.63) is 87.7 Å². The lowest BCUT2D eigenvalue weighted by Gasteiger charge is -2.36. The van der Waals surface area contributed by atoms with Crippen LogP contribution in [0.25, 0.3) is 0 Å². The predicted octanol–water partition coefficient (Wildman–Crippen LogP) is 7.70. The van der Waals surface area contributed by atoms with E-state index in [1.165, 1.54) is 24.3 Å². The van der Waals surface area contributed by atoms with Crippen LogP contribution in [0.1, 0.15) is 56.0 Å². The molecule has 9 nitrogen and oxygen atoms in total. The van der Waals surface area contributed by atoms with Crippen LogP contribution in [0.5, 0.6) is 5.75 Å². The van der Waals surface area contributed by atoms with Gasteiger partial charge in [0.1, 0.15) is 11.6 Å². The predicted molar refractivity (Wildman–Crippen MR) is 189 cm³/mol. The van der Waals surface area contributed by atoms with E-state index in [1.54, 1.807) is 36.1 Å². The van der Waals surface area contributed by atoms with E-state index in [0.717, 1.165) is 24.8 Å². The molecule has 1 aliphatic heterocycles. The van der Waals surface area contributed by atoms with E-state index in [4.69, 9.17) is 32.7 Å². The molecular weight excluding hydrogens is 658 g/mol. The molecule has 1 aliphatic rings. The third-order valence-corrected chi connectivity index (χ3v) is 9.08. The zero-order chi connectivity index (χ0) is 34.8. The van der Waals surface area contributed by atoms with Crippen molar-refractivity contribution < 1.29 is 28.6 Å². The van der Waals surface area contributed by atoms with Gasteiger partial charge in [0.2, 0.25) is 0 Å². The molecule has 0 fully saturated rings. The van der Waals surface area contributed by atoms with Gasteiger partial charge < -0.3 is 30.1 Å². The van der Waals surface area contributed by atoms with Crippen LogP contribution in [0, 0.1) is 11.7 Å². The van der Waals surface area contributed by atoms with Gasteiger partial charge in [0, 0.05) is 43.5 Å². The zero-order valence-electron chi connectivity index (χ0n) is 27.8. The van der Waals surface area contributed by atoms with Crippen molar-refractivity contribution in [1.29, 1.82) is 0 Å². The van der Waals surface area contributed by atoms with Gasteiger partial charge in [-0.2, -0.15) is 0 Å². The highest BCUT2D eigenvalue weighted by Gasteiger charge is 2.30. The first-order valence-electron chi connectivity index (χ1n) is 16.2. The fraction of sp³-hybridized carbons (Fsp3) is 0.444. The molecule has 0 unspecified atom stereocenters. The number of likely N-dealkylation sites (N-methyl/N-ethyl adjacent to an activating group) is 1. The molecule has 48 heavy (non-hydrogen) atoms. The lowest BCUT2D eigenvalue weighted by atomic mass is 10.0. The van der Waals surface area contributed by atoms with Crippen LogP contribution in [0.4, 0.5) is 20.6 Å². The maximum atomic E-state index is 14.3. The number of carbonyl (C=O) groups excluding carboxylic acids is 2. The molecule has 0 aromatic heterocycles. The topological polar surface area (TPSA) is 103 Å².